The van der Waals surface area contributed by atoms with Gasteiger partial charge in [0.25, 0.3) is 0 Å². The zero-order valence-electron chi connectivity index (χ0n) is 9.97. The predicted molar refractivity (Wildman–Crippen MR) is 64.4 cm³/mol. The van der Waals surface area contributed by atoms with Crippen LogP contribution < -0.4 is 5.32 Å². The molecule has 0 atom stereocenters. The largest absolute Gasteiger partial charge is 0.367 e. The maximum absolute atomic E-state index is 5.29. The van der Waals surface area contributed by atoms with Crippen molar-refractivity contribution in [1.82, 2.24) is 25.0 Å². The molecule has 0 spiro atoms. The maximum Gasteiger partial charge on any atom is 0.182 e. The molecule has 0 aliphatic heterocycles. The van der Waals surface area contributed by atoms with E-state index in [0.717, 1.165) is 24.4 Å². The number of nitrogens with one attached hydrogen (secondary N) is 2. The smallest absolute Gasteiger partial charge is 0.182 e. The van der Waals surface area contributed by atoms with E-state index in [1.54, 1.807) is 11.4 Å². The van der Waals surface area contributed by atoms with Crippen LogP contribution in [0.5, 0.6) is 0 Å². The highest BCUT2D eigenvalue weighted by molar-refractivity contribution is 5.81. The van der Waals surface area contributed by atoms with Gasteiger partial charge >= 0.3 is 0 Å². The Kier molecular flexibility index (Phi) is 3.84. The van der Waals surface area contributed by atoms with Crippen molar-refractivity contribution in [2.75, 3.05) is 32.1 Å². The van der Waals surface area contributed by atoms with Crippen molar-refractivity contribution in [3.63, 3.8) is 0 Å². The molecule has 0 aromatic carbocycles. The van der Waals surface area contributed by atoms with Gasteiger partial charge in [0.2, 0.25) is 0 Å². The standard InChI is InChI=1S/C10H16N6O/c1-3-17-16(2)5-4-11-9-8-10(13-6-12-8)15-7-14-9/h6-7H,3-5H2,1-2H3,(H2,11,12,13,14,15). The first-order valence-electron chi connectivity index (χ1n) is 5.53. The maximum atomic E-state index is 5.29. The Balaban J connectivity index is 1.92. The molecule has 17 heavy (non-hydrogen) atoms. The highest BCUT2D eigenvalue weighted by atomic mass is 16.7. The molecule has 2 heterocycles. The molecule has 0 fully saturated rings. The Morgan fingerprint density at radius 3 is 3.12 bits per heavy atom. The number of anilines is 1. The monoisotopic (exact) mass is 236 g/mol. The van der Waals surface area contributed by atoms with Gasteiger partial charge in [0, 0.05) is 20.1 Å². The van der Waals surface area contributed by atoms with Crippen LogP contribution in [0.1, 0.15) is 6.92 Å². The number of hydrogen-bond donors (Lipinski definition) is 2. The summed E-state index contributed by atoms with van der Waals surface area (Å²) in [5.41, 5.74) is 1.49. The normalized spacial score (nSPS) is 11.2. The van der Waals surface area contributed by atoms with Crippen molar-refractivity contribution in [1.29, 1.82) is 0 Å². The van der Waals surface area contributed by atoms with Crippen LogP contribution >= 0.6 is 0 Å². The number of aromatic amines is 1. The fourth-order valence-electron chi connectivity index (χ4n) is 1.52. The van der Waals surface area contributed by atoms with Crippen LogP contribution in [-0.4, -0.2) is 51.7 Å². The molecule has 2 aromatic rings. The molecule has 0 saturated carbocycles. The zero-order valence-corrected chi connectivity index (χ0v) is 9.97. The minimum Gasteiger partial charge on any atom is -0.367 e. The minimum atomic E-state index is 0.667. The summed E-state index contributed by atoms with van der Waals surface area (Å²) < 4.78 is 0. The fourth-order valence-corrected chi connectivity index (χ4v) is 1.52. The van der Waals surface area contributed by atoms with Crippen molar-refractivity contribution in [3.05, 3.63) is 12.7 Å². The quantitative estimate of drug-likeness (QED) is 0.717. The molecule has 7 heteroatoms. The van der Waals surface area contributed by atoms with Gasteiger partial charge in [0.05, 0.1) is 12.9 Å². The molecule has 2 aromatic heterocycles. The summed E-state index contributed by atoms with van der Waals surface area (Å²) in [4.78, 5) is 20.6. The van der Waals surface area contributed by atoms with Crippen LogP contribution in [0.2, 0.25) is 0 Å². The molecule has 0 aliphatic carbocycles. The average Bonchev–Trinajstić information content (AvgIpc) is 2.78. The lowest BCUT2D eigenvalue weighted by atomic mass is 10.5. The topological polar surface area (TPSA) is 79.0 Å². The second-order valence-corrected chi connectivity index (χ2v) is 3.52. The number of nitrogens with zero attached hydrogens (tertiary/aromatic N) is 4. The third-order valence-electron chi connectivity index (χ3n) is 2.29. The van der Waals surface area contributed by atoms with E-state index < -0.39 is 0 Å². The Labute approximate surface area is 99.2 Å². The second-order valence-electron chi connectivity index (χ2n) is 3.52. The van der Waals surface area contributed by atoms with Crippen LogP contribution in [0.15, 0.2) is 12.7 Å². The fraction of sp³-hybridized carbons (Fsp3) is 0.500. The van der Waals surface area contributed by atoms with Crippen LogP contribution in [0.25, 0.3) is 11.2 Å². The first-order valence-corrected chi connectivity index (χ1v) is 5.53. The molecule has 2 rings (SSSR count). The molecule has 0 radical (unpaired) electrons. The number of likely N-dealkylation sites (N-methyl/N-ethyl adjacent to an activating group) is 1. The highest BCUT2D eigenvalue weighted by Crippen LogP contribution is 2.13. The second kappa shape index (κ2) is 5.55. The van der Waals surface area contributed by atoms with Gasteiger partial charge in [0.1, 0.15) is 11.8 Å². The van der Waals surface area contributed by atoms with Gasteiger partial charge in [-0.15, -0.1) is 0 Å². The summed E-state index contributed by atoms with van der Waals surface area (Å²) in [7, 11) is 1.90. The molecule has 0 aliphatic rings. The number of aromatic nitrogens is 4. The summed E-state index contributed by atoms with van der Waals surface area (Å²) in [6, 6.07) is 0. The third-order valence-corrected chi connectivity index (χ3v) is 2.29. The van der Waals surface area contributed by atoms with Crippen LogP contribution in [0, 0.1) is 0 Å². The van der Waals surface area contributed by atoms with E-state index in [9.17, 15) is 0 Å². The number of hydrogen-bond acceptors (Lipinski definition) is 6. The number of fused-ring (bicyclic) bond motifs is 1. The third kappa shape index (κ3) is 2.89. The first-order chi connectivity index (χ1) is 8.31. The van der Waals surface area contributed by atoms with E-state index >= 15 is 0 Å². The van der Waals surface area contributed by atoms with Crippen molar-refractivity contribution < 1.29 is 4.84 Å². The lowest BCUT2D eigenvalue weighted by Crippen LogP contribution is -2.25. The SMILES string of the molecule is CCON(C)CCNc1ncnc2nc[nH]c12. The molecule has 0 unspecified atom stereocenters. The molecule has 0 saturated heterocycles. The van der Waals surface area contributed by atoms with E-state index in [2.05, 4.69) is 25.3 Å². The van der Waals surface area contributed by atoms with Gasteiger partial charge in [-0.3, -0.25) is 4.84 Å². The van der Waals surface area contributed by atoms with Gasteiger partial charge in [-0.25, -0.2) is 15.0 Å². The number of imidazole rings is 1. The molecular formula is C10H16N6O. The summed E-state index contributed by atoms with van der Waals surface area (Å²) >= 11 is 0. The molecule has 0 amide bonds. The molecule has 7 nitrogen and oxygen atoms in total. The first kappa shape index (κ1) is 11.7. The summed E-state index contributed by atoms with van der Waals surface area (Å²) in [5.74, 6) is 0.761. The van der Waals surface area contributed by atoms with E-state index in [1.807, 2.05) is 14.0 Å². The number of hydroxylamine groups is 2. The zero-order chi connectivity index (χ0) is 12.1. The van der Waals surface area contributed by atoms with Crippen molar-refractivity contribution in [3.8, 4) is 0 Å². The van der Waals surface area contributed by atoms with Gasteiger partial charge in [-0.2, -0.15) is 5.06 Å². The van der Waals surface area contributed by atoms with Crippen molar-refractivity contribution in [2.45, 2.75) is 6.92 Å². The highest BCUT2D eigenvalue weighted by Gasteiger charge is 2.05. The molecule has 2 N–H and O–H groups in total. The number of rotatable bonds is 6. The van der Waals surface area contributed by atoms with Crippen molar-refractivity contribution in [2.24, 2.45) is 0 Å². The average molecular weight is 236 g/mol. The van der Waals surface area contributed by atoms with E-state index in [0.29, 0.717) is 12.3 Å². The number of H-pyrrole nitrogens is 1. The predicted octanol–water partition coefficient (Wildman–Crippen LogP) is 0.648. The lowest BCUT2D eigenvalue weighted by molar-refractivity contribution is -0.131. The molecule has 92 valence electrons. The Morgan fingerprint density at radius 1 is 1.41 bits per heavy atom. The van der Waals surface area contributed by atoms with E-state index in [-0.39, 0.29) is 0 Å². The van der Waals surface area contributed by atoms with Gasteiger partial charge in [0.15, 0.2) is 11.5 Å². The van der Waals surface area contributed by atoms with Crippen molar-refractivity contribution >= 4 is 17.0 Å². The Bertz CT molecular complexity index is 471. The summed E-state index contributed by atoms with van der Waals surface area (Å²) in [6.07, 6.45) is 3.11. The Morgan fingerprint density at radius 2 is 2.29 bits per heavy atom. The van der Waals surface area contributed by atoms with Gasteiger partial charge in [-0.05, 0) is 6.92 Å². The van der Waals surface area contributed by atoms with Crippen LogP contribution in [0.4, 0.5) is 5.82 Å². The summed E-state index contributed by atoms with van der Waals surface area (Å²) in [5, 5.41) is 5.01. The van der Waals surface area contributed by atoms with Crippen LogP contribution in [0.3, 0.4) is 0 Å². The van der Waals surface area contributed by atoms with E-state index in [4.69, 9.17) is 4.84 Å². The van der Waals surface area contributed by atoms with Gasteiger partial charge in [-0.1, -0.05) is 0 Å². The summed E-state index contributed by atoms with van der Waals surface area (Å²) in [6.45, 7) is 4.15. The minimum absolute atomic E-state index is 0.667. The van der Waals surface area contributed by atoms with Crippen LogP contribution in [-0.2, 0) is 4.84 Å². The molecule has 0 bridgehead atoms. The van der Waals surface area contributed by atoms with E-state index in [1.165, 1.54) is 6.33 Å². The van der Waals surface area contributed by atoms with Gasteiger partial charge < -0.3 is 10.3 Å². The lowest BCUT2D eigenvalue weighted by Gasteiger charge is -2.15. The Hall–Kier alpha value is -1.73. The molecular weight excluding hydrogens is 220 g/mol.